The number of hydrogen-bond acceptors (Lipinski definition) is 5. The van der Waals surface area contributed by atoms with Crippen LogP contribution in [0.5, 0.6) is 5.75 Å². The van der Waals surface area contributed by atoms with Crippen LogP contribution < -0.4 is 10.1 Å². The number of nitrogens with zero attached hydrogens (tertiary/aromatic N) is 2. The van der Waals surface area contributed by atoms with Crippen molar-refractivity contribution in [1.82, 2.24) is 15.4 Å². The van der Waals surface area contributed by atoms with E-state index in [0.29, 0.717) is 38.2 Å². The van der Waals surface area contributed by atoms with Gasteiger partial charge in [-0.05, 0) is 18.9 Å². The first-order chi connectivity index (χ1) is 13.6. The van der Waals surface area contributed by atoms with Crippen LogP contribution in [0.2, 0.25) is 0 Å². The summed E-state index contributed by atoms with van der Waals surface area (Å²) < 4.78 is 10.6. The normalized spacial score (nSPS) is 16.9. The van der Waals surface area contributed by atoms with Gasteiger partial charge in [0.25, 0.3) is 0 Å². The molecule has 7 nitrogen and oxygen atoms in total. The molecule has 3 rings (SSSR count). The van der Waals surface area contributed by atoms with Gasteiger partial charge in [-0.25, -0.2) is 0 Å². The molecule has 1 N–H and O–H groups in total. The number of methoxy groups -OCH3 is 1. The second-order valence-electron chi connectivity index (χ2n) is 7.07. The molecule has 1 atom stereocenters. The Balaban J connectivity index is 1.56. The van der Waals surface area contributed by atoms with Gasteiger partial charge in [-0.1, -0.05) is 36.7 Å². The van der Waals surface area contributed by atoms with Gasteiger partial charge in [0.15, 0.2) is 5.76 Å². The second kappa shape index (κ2) is 9.39. The Morgan fingerprint density at radius 3 is 3.00 bits per heavy atom. The van der Waals surface area contributed by atoms with Gasteiger partial charge in [-0.15, -0.1) is 0 Å². The van der Waals surface area contributed by atoms with Crippen molar-refractivity contribution >= 4 is 11.8 Å². The number of piperidine rings is 1. The molecular formula is C21H27N3O4. The quantitative estimate of drug-likeness (QED) is 0.755. The Bertz CT molecular complexity index is 817. The van der Waals surface area contributed by atoms with Crippen molar-refractivity contribution in [3.63, 3.8) is 0 Å². The smallest absolute Gasteiger partial charge is 0.225 e. The predicted molar refractivity (Wildman–Crippen MR) is 103 cm³/mol. The molecule has 1 fully saturated rings. The minimum Gasteiger partial charge on any atom is -0.496 e. The molecule has 0 spiro atoms. The van der Waals surface area contributed by atoms with Gasteiger partial charge in [0, 0.05) is 31.1 Å². The maximum Gasteiger partial charge on any atom is 0.225 e. The largest absolute Gasteiger partial charge is 0.496 e. The molecule has 2 heterocycles. The molecule has 0 saturated carbocycles. The van der Waals surface area contributed by atoms with E-state index in [0.717, 1.165) is 29.8 Å². The number of nitrogens with one attached hydrogen (secondary N) is 1. The van der Waals surface area contributed by atoms with Crippen LogP contribution in [0.1, 0.15) is 43.2 Å². The number of benzene rings is 1. The van der Waals surface area contributed by atoms with Crippen LogP contribution in [-0.4, -0.2) is 35.5 Å². The molecular weight excluding hydrogens is 358 g/mol. The van der Waals surface area contributed by atoms with E-state index in [-0.39, 0.29) is 17.7 Å². The topological polar surface area (TPSA) is 84.7 Å². The van der Waals surface area contributed by atoms with E-state index in [4.69, 9.17) is 9.26 Å². The summed E-state index contributed by atoms with van der Waals surface area (Å²) in [5, 5.41) is 6.90. The molecule has 2 amide bonds. The zero-order valence-corrected chi connectivity index (χ0v) is 16.4. The van der Waals surface area contributed by atoms with Crippen LogP contribution in [0, 0.1) is 5.92 Å². The predicted octanol–water partition coefficient (Wildman–Crippen LogP) is 2.69. The molecule has 1 aliphatic heterocycles. The lowest BCUT2D eigenvalue weighted by Gasteiger charge is -2.32. The Kier molecular flexibility index (Phi) is 6.68. The van der Waals surface area contributed by atoms with E-state index >= 15 is 0 Å². The molecule has 28 heavy (non-hydrogen) atoms. The summed E-state index contributed by atoms with van der Waals surface area (Å²) >= 11 is 0. The maximum absolute atomic E-state index is 12.6. The maximum atomic E-state index is 12.6. The lowest BCUT2D eigenvalue weighted by molar-refractivity contribution is -0.139. The van der Waals surface area contributed by atoms with Gasteiger partial charge in [0.05, 0.1) is 25.3 Å². The minimum absolute atomic E-state index is 0.0639. The molecule has 0 bridgehead atoms. The highest BCUT2D eigenvalue weighted by molar-refractivity contribution is 5.83. The summed E-state index contributed by atoms with van der Waals surface area (Å²) in [4.78, 5) is 26.7. The molecule has 1 aliphatic rings. The molecule has 2 aromatic rings. The number of rotatable bonds is 8. The highest BCUT2D eigenvalue weighted by atomic mass is 16.5. The summed E-state index contributed by atoms with van der Waals surface area (Å²) in [6.07, 6.45) is 2.79. The molecule has 1 aromatic heterocycles. The third kappa shape index (κ3) is 4.91. The minimum atomic E-state index is -0.231. The fourth-order valence-corrected chi connectivity index (χ4v) is 3.45. The number of aromatic nitrogens is 1. The second-order valence-corrected chi connectivity index (χ2v) is 7.07. The van der Waals surface area contributed by atoms with Crippen molar-refractivity contribution < 1.29 is 18.8 Å². The van der Waals surface area contributed by atoms with Crippen molar-refractivity contribution in [1.29, 1.82) is 0 Å². The van der Waals surface area contributed by atoms with Gasteiger partial charge in [0.1, 0.15) is 5.75 Å². The number of aryl methyl sites for hydroxylation is 1. The number of hydrogen-bond donors (Lipinski definition) is 1. The molecule has 0 unspecified atom stereocenters. The third-order valence-corrected chi connectivity index (χ3v) is 4.98. The number of carbonyl (C=O) groups is 2. The van der Waals surface area contributed by atoms with Crippen LogP contribution in [0.15, 0.2) is 34.9 Å². The monoisotopic (exact) mass is 385 g/mol. The van der Waals surface area contributed by atoms with E-state index in [1.807, 2.05) is 30.3 Å². The summed E-state index contributed by atoms with van der Waals surface area (Å²) in [5.41, 5.74) is 1.84. The summed E-state index contributed by atoms with van der Waals surface area (Å²) in [5.74, 6) is 1.16. The van der Waals surface area contributed by atoms with Gasteiger partial charge in [-0.2, -0.15) is 0 Å². The molecule has 150 valence electrons. The number of likely N-dealkylation sites (tertiary alicyclic amines) is 1. The average Bonchev–Trinajstić information content (AvgIpc) is 3.16. The molecule has 0 aliphatic carbocycles. The summed E-state index contributed by atoms with van der Waals surface area (Å²) in [6, 6.07) is 9.50. The van der Waals surface area contributed by atoms with Gasteiger partial charge in [-0.3, -0.25) is 9.59 Å². The van der Waals surface area contributed by atoms with Gasteiger partial charge in [0.2, 0.25) is 11.8 Å². The molecule has 0 radical (unpaired) electrons. The third-order valence-electron chi connectivity index (χ3n) is 4.98. The first kappa shape index (κ1) is 19.9. The van der Waals surface area contributed by atoms with Crippen molar-refractivity contribution in [3.8, 4) is 5.75 Å². The Hall–Kier alpha value is -2.83. The van der Waals surface area contributed by atoms with Crippen molar-refractivity contribution in [2.45, 2.75) is 45.7 Å². The van der Waals surface area contributed by atoms with Crippen molar-refractivity contribution in [2.24, 2.45) is 5.92 Å². The Labute approximate surface area is 165 Å². The van der Waals surface area contributed by atoms with E-state index < -0.39 is 0 Å². The lowest BCUT2D eigenvalue weighted by atomic mass is 9.96. The van der Waals surface area contributed by atoms with Crippen molar-refractivity contribution in [2.75, 3.05) is 13.7 Å². The number of carbonyl (C=O) groups excluding carboxylic acids is 2. The van der Waals surface area contributed by atoms with Gasteiger partial charge < -0.3 is 19.5 Å². The van der Waals surface area contributed by atoms with Crippen LogP contribution >= 0.6 is 0 Å². The number of para-hydroxylation sites is 1. The van der Waals surface area contributed by atoms with E-state index in [2.05, 4.69) is 17.4 Å². The fraction of sp³-hybridized carbons (Fsp3) is 0.476. The molecule has 1 saturated heterocycles. The highest BCUT2D eigenvalue weighted by Crippen LogP contribution is 2.24. The van der Waals surface area contributed by atoms with Crippen molar-refractivity contribution in [3.05, 3.63) is 47.3 Å². The first-order valence-corrected chi connectivity index (χ1v) is 9.72. The van der Waals surface area contributed by atoms with Crippen LogP contribution in [0.25, 0.3) is 0 Å². The molecule has 1 aromatic carbocycles. The zero-order valence-electron chi connectivity index (χ0n) is 16.4. The number of amides is 2. The lowest BCUT2D eigenvalue weighted by Crippen LogP contribution is -2.45. The van der Waals surface area contributed by atoms with Crippen LogP contribution in [0.4, 0.5) is 0 Å². The SMILES string of the molecule is CCCc1cc(CNC(=O)[C@@H]2CCC(=O)N(Cc3ccccc3OC)C2)on1. The fourth-order valence-electron chi connectivity index (χ4n) is 3.45. The van der Waals surface area contributed by atoms with Gasteiger partial charge >= 0.3 is 0 Å². The van der Waals surface area contributed by atoms with Crippen LogP contribution in [0.3, 0.4) is 0 Å². The highest BCUT2D eigenvalue weighted by Gasteiger charge is 2.30. The Morgan fingerprint density at radius 1 is 1.39 bits per heavy atom. The Morgan fingerprint density at radius 2 is 2.21 bits per heavy atom. The first-order valence-electron chi connectivity index (χ1n) is 9.72. The van der Waals surface area contributed by atoms with E-state index in [1.54, 1.807) is 12.0 Å². The van der Waals surface area contributed by atoms with E-state index in [1.165, 1.54) is 0 Å². The average molecular weight is 385 g/mol. The van der Waals surface area contributed by atoms with Crippen LogP contribution in [-0.2, 0) is 29.1 Å². The standard InChI is InChI=1S/C21H27N3O4/c1-3-6-17-11-18(28-23-17)12-22-21(26)16-9-10-20(25)24(14-16)13-15-7-4-5-8-19(15)27-2/h4-5,7-8,11,16H,3,6,9-10,12-14H2,1-2H3,(H,22,26)/t16-/m1/s1. The van der Waals surface area contributed by atoms with E-state index in [9.17, 15) is 9.59 Å². The summed E-state index contributed by atoms with van der Waals surface area (Å²) in [6.45, 7) is 3.24. The zero-order chi connectivity index (χ0) is 19.9. The summed E-state index contributed by atoms with van der Waals surface area (Å²) in [7, 11) is 1.61. The number of ether oxygens (including phenoxy) is 1. The molecule has 7 heteroatoms.